The van der Waals surface area contributed by atoms with Gasteiger partial charge in [-0.25, -0.2) is 0 Å². The van der Waals surface area contributed by atoms with Crippen LogP contribution in [0.5, 0.6) is 0 Å². The van der Waals surface area contributed by atoms with Gasteiger partial charge < -0.3 is 5.32 Å². The highest BCUT2D eigenvalue weighted by atomic mass is 14.9. The standard InChI is InChI=1S/C11H18N2/c1-13-11(8-12)6-2-3-10(7-11)9-4-5-9/h9-10,13H,2-7H2,1H3. The van der Waals surface area contributed by atoms with Crippen LogP contribution in [0.4, 0.5) is 0 Å². The van der Waals surface area contributed by atoms with Crippen molar-refractivity contribution < 1.29 is 0 Å². The van der Waals surface area contributed by atoms with Crippen molar-refractivity contribution in [2.45, 2.75) is 44.1 Å². The van der Waals surface area contributed by atoms with E-state index in [-0.39, 0.29) is 5.54 Å². The second-order valence-electron chi connectivity index (χ2n) is 4.64. The van der Waals surface area contributed by atoms with E-state index in [4.69, 9.17) is 5.26 Å². The number of hydrogen-bond acceptors (Lipinski definition) is 2. The van der Waals surface area contributed by atoms with Gasteiger partial charge in [0.1, 0.15) is 5.54 Å². The van der Waals surface area contributed by atoms with E-state index < -0.39 is 0 Å². The van der Waals surface area contributed by atoms with Crippen molar-refractivity contribution in [2.75, 3.05) is 7.05 Å². The van der Waals surface area contributed by atoms with Gasteiger partial charge in [-0.3, -0.25) is 0 Å². The van der Waals surface area contributed by atoms with Gasteiger partial charge in [0.25, 0.3) is 0 Å². The van der Waals surface area contributed by atoms with Crippen molar-refractivity contribution in [3.05, 3.63) is 0 Å². The molecule has 2 heteroatoms. The minimum atomic E-state index is -0.189. The fourth-order valence-corrected chi connectivity index (χ4v) is 2.67. The van der Waals surface area contributed by atoms with Crippen LogP contribution in [0, 0.1) is 23.2 Å². The van der Waals surface area contributed by atoms with Crippen molar-refractivity contribution in [1.82, 2.24) is 5.32 Å². The molecule has 0 bridgehead atoms. The summed E-state index contributed by atoms with van der Waals surface area (Å²) in [5.74, 6) is 1.79. The molecule has 2 unspecified atom stereocenters. The zero-order valence-corrected chi connectivity index (χ0v) is 8.34. The molecular formula is C11H18N2. The molecule has 2 rings (SSSR count). The molecule has 2 nitrogen and oxygen atoms in total. The lowest BCUT2D eigenvalue weighted by molar-refractivity contribution is 0.220. The first kappa shape index (κ1) is 9.02. The van der Waals surface area contributed by atoms with Crippen LogP contribution in [0.1, 0.15) is 38.5 Å². The van der Waals surface area contributed by atoms with Gasteiger partial charge >= 0.3 is 0 Å². The zero-order chi connectivity index (χ0) is 9.31. The summed E-state index contributed by atoms with van der Waals surface area (Å²) in [5, 5.41) is 12.4. The fraction of sp³-hybridized carbons (Fsp3) is 0.909. The van der Waals surface area contributed by atoms with Gasteiger partial charge in [-0.15, -0.1) is 0 Å². The minimum absolute atomic E-state index is 0.189. The highest BCUT2D eigenvalue weighted by Crippen LogP contribution is 2.46. The summed E-state index contributed by atoms with van der Waals surface area (Å²) in [5.41, 5.74) is -0.189. The average Bonchev–Trinajstić information content (AvgIpc) is 3.01. The van der Waals surface area contributed by atoms with Crippen LogP contribution in [0.25, 0.3) is 0 Å². The smallest absolute Gasteiger partial charge is 0.106 e. The molecule has 0 aromatic rings. The Labute approximate surface area is 80.3 Å². The third kappa shape index (κ3) is 1.71. The third-order valence-corrected chi connectivity index (χ3v) is 3.77. The largest absolute Gasteiger partial charge is 0.302 e. The van der Waals surface area contributed by atoms with Gasteiger partial charge in [0, 0.05) is 0 Å². The van der Waals surface area contributed by atoms with E-state index in [1.165, 1.54) is 25.7 Å². The summed E-state index contributed by atoms with van der Waals surface area (Å²) in [6.45, 7) is 0. The van der Waals surface area contributed by atoms with E-state index in [9.17, 15) is 0 Å². The quantitative estimate of drug-likeness (QED) is 0.702. The Hall–Kier alpha value is -0.550. The van der Waals surface area contributed by atoms with E-state index in [0.717, 1.165) is 24.7 Å². The molecule has 0 amide bonds. The van der Waals surface area contributed by atoms with Crippen LogP contribution in [0.2, 0.25) is 0 Å². The van der Waals surface area contributed by atoms with Crippen molar-refractivity contribution >= 4 is 0 Å². The molecule has 1 N–H and O–H groups in total. The van der Waals surface area contributed by atoms with Gasteiger partial charge in [0.05, 0.1) is 6.07 Å². The number of hydrogen-bond donors (Lipinski definition) is 1. The monoisotopic (exact) mass is 178 g/mol. The number of nitriles is 1. The first-order chi connectivity index (χ1) is 6.29. The summed E-state index contributed by atoms with van der Waals surface area (Å²) < 4.78 is 0. The molecule has 0 radical (unpaired) electrons. The summed E-state index contributed by atoms with van der Waals surface area (Å²) in [6.07, 6.45) is 7.55. The molecule has 2 fully saturated rings. The fourth-order valence-electron chi connectivity index (χ4n) is 2.67. The van der Waals surface area contributed by atoms with Crippen molar-refractivity contribution in [2.24, 2.45) is 11.8 Å². The molecule has 2 aliphatic rings. The molecule has 2 saturated carbocycles. The van der Waals surface area contributed by atoms with Crippen LogP contribution in [-0.2, 0) is 0 Å². The Morgan fingerprint density at radius 3 is 2.62 bits per heavy atom. The summed E-state index contributed by atoms with van der Waals surface area (Å²) >= 11 is 0. The highest BCUT2D eigenvalue weighted by molar-refractivity contribution is 5.10. The third-order valence-electron chi connectivity index (χ3n) is 3.77. The number of rotatable bonds is 2. The Balaban J connectivity index is 2.01. The molecular weight excluding hydrogens is 160 g/mol. The van der Waals surface area contributed by atoms with Crippen LogP contribution in [0.3, 0.4) is 0 Å². The highest BCUT2D eigenvalue weighted by Gasteiger charge is 2.41. The normalized spacial score (nSPS) is 39.8. The molecule has 0 spiro atoms. The number of nitrogens with zero attached hydrogens (tertiary/aromatic N) is 1. The lowest BCUT2D eigenvalue weighted by Crippen LogP contribution is -2.45. The van der Waals surface area contributed by atoms with Gasteiger partial charge in [-0.2, -0.15) is 5.26 Å². The van der Waals surface area contributed by atoms with E-state index in [1.807, 2.05) is 7.05 Å². The first-order valence-electron chi connectivity index (χ1n) is 5.40. The second-order valence-corrected chi connectivity index (χ2v) is 4.64. The lowest BCUT2D eigenvalue weighted by atomic mass is 9.74. The summed E-state index contributed by atoms with van der Waals surface area (Å²) in [6, 6.07) is 2.47. The van der Waals surface area contributed by atoms with Crippen molar-refractivity contribution in [3.63, 3.8) is 0 Å². The van der Waals surface area contributed by atoms with Gasteiger partial charge in [0.2, 0.25) is 0 Å². The van der Waals surface area contributed by atoms with Gasteiger partial charge in [-0.1, -0.05) is 6.42 Å². The molecule has 0 heterocycles. The summed E-state index contributed by atoms with van der Waals surface area (Å²) in [4.78, 5) is 0. The second kappa shape index (κ2) is 3.31. The van der Waals surface area contributed by atoms with Gasteiger partial charge in [0.15, 0.2) is 0 Å². The predicted molar refractivity (Wildman–Crippen MR) is 52.1 cm³/mol. The minimum Gasteiger partial charge on any atom is -0.302 e. The van der Waals surface area contributed by atoms with Crippen LogP contribution in [0.15, 0.2) is 0 Å². The van der Waals surface area contributed by atoms with Gasteiger partial charge in [-0.05, 0) is 51.0 Å². The van der Waals surface area contributed by atoms with Crippen LogP contribution in [-0.4, -0.2) is 12.6 Å². The SMILES string of the molecule is CNC1(C#N)CCCC(C2CC2)C1. The van der Waals surface area contributed by atoms with E-state index in [1.54, 1.807) is 0 Å². The topological polar surface area (TPSA) is 35.8 Å². The molecule has 2 atom stereocenters. The molecule has 2 aliphatic carbocycles. The maximum absolute atomic E-state index is 9.15. The molecule has 72 valence electrons. The van der Waals surface area contributed by atoms with E-state index in [0.29, 0.717) is 0 Å². The maximum Gasteiger partial charge on any atom is 0.106 e. The molecule has 0 aliphatic heterocycles. The Kier molecular flexibility index (Phi) is 2.29. The zero-order valence-electron chi connectivity index (χ0n) is 8.34. The number of nitrogens with one attached hydrogen (secondary N) is 1. The maximum atomic E-state index is 9.15. The Morgan fingerprint density at radius 2 is 2.08 bits per heavy atom. The van der Waals surface area contributed by atoms with E-state index >= 15 is 0 Å². The van der Waals surface area contributed by atoms with E-state index in [2.05, 4.69) is 11.4 Å². The molecule has 0 aromatic carbocycles. The van der Waals surface area contributed by atoms with Crippen LogP contribution >= 0.6 is 0 Å². The summed E-state index contributed by atoms with van der Waals surface area (Å²) in [7, 11) is 1.93. The molecule has 0 aromatic heterocycles. The lowest BCUT2D eigenvalue weighted by Gasteiger charge is -2.35. The predicted octanol–water partition coefficient (Wildman–Crippen LogP) is 2.07. The van der Waals surface area contributed by atoms with Crippen molar-refractivity contribution in [1.29, 1.82) is 5.26 Å². The molecule has 13 heavy (non-hydrogen) atoms. The Bertz CT molecular complexity index is 227. The first-order valence-corrected chi connectivity index (χ1v) is 5.40. The van der Waals surface area contributed by atoms with Crippen LogP contribution < -0.4 is 5.32 Å². The average molecular weight is 178 g/mol. The van der Waals surface area contributed by atoms with Crippen molar-refractivity contribution in [3.8, 4) is 6.07 Å². The Morgan fingerprint density at radius 1 is 1.31 bits per heavy atom. The molecule has 0 saturated heterocycles.